The summed E-state index contributed by atoms with van der Waals surface area (Å²) in [5.41, 5.74) is 0.836. The molecule has 160 valence electrons. The Labute approximate surface area is 172 Å². The Morgan fingerprint density at radius 1 is 1.17 bits per heavy atom. The molecule has 6 heteroatoms. The third kappa shape index (κ3) is 2.97. The summed E-state index contributed by atoms with van der Waals surface area (Å²) in [6.45, 7) is 5.54. The molecule has 4 aliphatic carbocycles. The highest BCUT2D eigenvalue weighted by Crippen LogP contribution is 2.67. The topological polar surface area (TPSA) is 99.0 Å². The molecule has 1 N–H and O–H groups in total. The van der Waals surface area contributed by atoms with Gasteiger partial charge in [0.1, 0.15) is 5.60 Å². The quantitative estimate of drug-likeness (QED) is 0.728. The lowest BCUT2D eigenvalue weighted by Gasteiger charge is -2.59. The molecule has 0 aromatic rings. The first kappa shape index (κ1) is 20.6. The van der Waals surface area contributed by atoms with Crippen LogP contribution in [0.15, 0.2) is 16.8 Å². The largest absolute Gasteiger partial charge is 0.546 e. The normalized spacial score (nSPS) is 45.0. The van der Waals surface area contributed by atoms with Gasteiger partial charge in [0.15, 0.2) is 12.4 Å². The average molecular weight is 403 g/mol. The number of carboxylic acid groups (broad SMARTS) is 1. The van der Waals surface area contributed by atoms with Crippen LogP contribution in [-0.2, 0) is 14.4 Å². The van der Waals surface area contributed by atoms with Gasteiger partial charge < -0.3 is 19.8 Å². The van der Waals surface area contributed by atoms with Crippen LogP contribution in [0.5, 0.6) is 0 Å². The van der Waals surface area contributed by atoms with Gasteiger partial charge in [-0.2, -0.15) is 0 Å². The van der Waals surface area contributed by atoms with E-state index in [4.69, 9.17) is 4.84 Å². The molecule has 0 unspecified atom stereocenters. The number of carbonyl (C=O) groups is 2. The van der Waals surface area contributed by atoms with Crippen molar-refractivity contribution in [2.45, 2.75) is 77.7 Å². The van der Waals surface area contributed by atoms with Gasteiger partial charge in [-0.25, -0.2) is 0 Å². The van der Waals surface area contributed by atoms with E-state index < -0.39 is 18.2 Å². The second-order valence-electron chi connectivity index (χ2n) is 10.1. The second kappa shape index (κ2) is 6.93. The van der Waals surface area contributed by atoms with Crippen LogP contribution < -0.4 is 5.11 Å². The van der Waals surface area contributed by atoms with Crippen LogP contribution in [-0.4, -0.2) is 34.8 Å². The van der Waals surface area contributed by atoms with E-state index in [1.54, 1.807) is 6.92 Å². The molecule has 6 nitrogen and oxygen atoms in total. The van der Waals surface area contributed by atoms with Gasteiger partial charge in [0, 0.05) is 5.41 Å². The van der Waals surface area contributed by atoms with Crippen LogP contribution in [0.25, 0.3) is 0 Å². The van der Waals surface area contributed by atoms with E-state index in [1.165, 1.54) is 5.57 Å². The molecule has 6 atom stereocenters. The zero-order valence-corrected chi connectivity index (χ0v) is 17.7. The standard InChI is InChI=1S/C23H33NO5/c1-14(25)23(28)11-8-19-17-5-4-15-12-16(24-29-13-20(26)27)6-9-21(15,2)18(17)7-10-22(19,23)3/h12,17-19,28H,4-11,13H2,1-3H3,(H,26,27)/p-1/t17-,18+,19-,21-,22-,23-/m0/s1. The maximum atomic E-state index is 12.3. The zero-order valence-electron chi connectivity index (χ0n) is 17.7. The van der Waals surface area contributed by atoms with Crippen LogP contribution in [0.1, 0.15) is 72.1 Å². The molecule has 0 heterocycles. The number of rotatable bonds is 4. The Balaban J connectivity index is 1.57. The number of hydrogen-bond donors (Lipinski definition) is 1. The number of aliphatic carboxylic acids is 1. The van der Waals surface area contributed by atoms with Crippen molar-refractivity contribution in [2.75, 3.05) is 6.61 Å². The number of carbonyl (C=O) groups excluding carboxylic acids is 2. The van der Waals surface area contributed by atoms with E-state index >= 15 is 0 Å². The minimum Gasteiger partial charge on any atom is -0.546 e. The molecule has 4 rings (SSSR count). The Hall–Kier alpha value is -1.69. The third-order valence-electron chi connectivity index (χ3n) is 9.08. The van der Waals surface area contributed by atoms with Gasteiger partial charge in [0.2, 0.25) is 0 Å². The van der Waals surface area contributed by atoms with Gasteiger partial charge in [-0.1, -0.05) is 24.6 Å². The number of ketones is 1. The molecule has 0 spiro atoms. The molecular weight excluding hydrogens is 370 g/mol. The van der Waals surface area contributed by atoms with Crippen LogP contribution in [0.3, 0.4) is 0 Å². The van der Waals surface area contributed by atoms with Gasteiger partial charge in [-0.05, 0) is 87.5 Å². The second-order valence-corrected chi connectivity index (χ2v) is 10.1. The minimum absolute atomic E-state index is 0.0707. The Morgan fingerprint density at radius 2 is 1.90 bits per heavy atom. The van der Waals surface area contributed by atoms with E-state index in [1.807, 2.05) is 0 Å². The Kier molecular flexibility index (Phi) is 4.92. The van der Waals surface area contributed by atoms with Crippen molar-refractivity contribution in [1.29, 1.82) is 0 Å². The third-order valence-corrected chi connectivity index (χ3v) is 9.08. The molecule has 0 aromatic heterocycles. The van der Waals surface area contributed by atoms with Crippen molar-refractivity contribution < 1.29 is 24.6 Å². The number of carboxylic acids is 1. The lowest BCUT2D eigenvalue weighted by atomic mass is 9.46. The van der Waals surface area contributed by atoms with Crippen molar-refractivity contribution in [1.82, 2.24) is 0 Å². The fourth-order valence-electron chi connectivity index (χ4n) is 7.41. The van der Waals surface area contributed by atoms with Crippen molar-refractivity contribution in [2.24, 2.45) is 33.7 Å². The maximum Gasteiger partial charge on any atom is 0.161 e. The maximum absolute atomic E-state index is 12.3. The first-order chi connectivity index (χ1) is 13.6. The molecule has 3 fully saturated rings. The molecular formula is C23H32NO5-. The van der Waals surface area contributed by atoms with E-state index in [0.717, 1.165) is 50.7 Å². The molecule has 0 saturated heterocycles. The fraction of sp³-hybridized carbons (Fsp3) is 0.783. The van der Waals surface area contributed by atoms with Crippen LogP contribution in [0, 0.1) is 28.6 Å². The van der Waals surface area contributed by atoms with Crippen molar-refractivity contribution in [3.05, 3.63) is 11.6 Å². The summed E-state index contributed by atoms with van der Waals surface area (Å²) < 4.78 is 0. The summed E-state index contributed by atoms with van der Waals surface area (Å²) in [5.74, 6) is 0.154. The Morgan fingerprint density at radius 3 is 2.59 bits per heavy atom. The van der Waals surface area contributed by atoms with Gasteiger partial charge in [-0.15, -0.1) is 0 Å². The van der Waals surface area contributed by atoms with Gasteiger partial charge in [-0.3, -0.25) is 4.79 Å². The number of hydrogen-bond acceptors (Lipinski definition) is 6. The lowest BCUT2D eigenvalue weighted by Crippen LogP contribution is -2.57. The zero-order chi connectivity index (χ0) is 21.0. The monoisotopic (exact) mass is 402 g/mol. The van der Waals surface area contributed by atoms with E-state index in [9.17, 15) is 19.8 Å². The van der Waals surface area contributed by atoms with Crippen molar-refractivity contribution >= 4 is 17.5 Å². The SMILES string of the molecule is CC(=O)[C@@]1(O)CC[C@H]2[C@H]3CCC4=CC(=NOCC(=O)[O-])CC[C@]4(C)[C@@H]3CC[C@@]21C. The molecule has 0 bridgehead atoms. The summed E-state index contributed by atoms with van der Waals surface area (Å²) in [5, 5.41) is 25.8. The summed E-state index contributed by atoms with van der Waals surface area (Å²) in [6, 6.07) is 0. The minimum atomic E-state index is -1.27. The number of aliphatic hydroxyl groups is 1. The first-order valence-corrected chi connectivity index (χ1v) is 10.9. The van der Waals surface area contributed by atoms with Gasteiger partial charge in [0.05, 0.1) is 11.7 Å². The van der Waals surface area contributed by atoms with Gasteiger partial charge in [0.25, 0.3) is 0 Å². The molecule has 0 amide bonds. The van der Waals surface area contributed by atoms with Crippen molar-refractivity contribution in [3.63, 3.8) is 0 Å². The molecule has 29 heavy (non-hydrogen) atoms. The fourth-order valence-corrected chi connectivity index (χ4v) is 7.41. The smallest absolute Gasteiger partial charge is 0.161 e. The van der Waals surface area contributed by atoms with Gasteiger partial charge >= 0.3 is 0 Å². The Bertz CT molecular complexity index is 788. The van der Waals surface area contributed by atoms with E-state index in [2.05, 4.69) is 25.1 Å². The van der Waals surface area contributed by atoms with Crippen LogP contribution in [0.4, 0.5) is 0 Å². The first-order valence-electron chi connectivity index (χ1n) is 10.9. The highest BCUT2D eigenvalue weighted by Gasteiger charge is 2.65. The number of Topliss-reactive ketones (excluding diaryl/α,β-unsaturated/α-hetero) is 1. The number of nitrogens with zero attached hydrogens (tertiary/aromatic N) is 1. The summed E-state index contributed by atoms with van der Waals surface area (Å²) in [7, 11) is 0. The summed E-state index contributed by atoms with van der Waals surface area (Å²) in [4.78, 5) is 27.7. The highest BCUT2D eigenvalue weighted by molar-refractivity contribution is 5.96. The predicted molar refractivity (Wildman–Crippen MR) is 106 cm³/mol. The molecule has 0 radical (unpaired) electrons. The van der Waals surface area contributed by atoms with Crippen molar-refractivity contribution in [3.8, 4) is 0 Å². The molecule has 0 aromatic carbocycles. The highest BCUT2D eigenvalue weighted by atomic mass is 16.6. The average Bonchev–Trinajstić information content (AvgIpc) is 2.94. The van der Waals surface area contributed by atoms with E-state index in [0.29, 0.717) is 24.2 Å². The van der Waals surface area contributed by atoms with E-state index in [-0.39, 0.29) is 16.6 Å². The lowest BCUT2D eigenvalue weighted by molar-refractivity contribution is -0.309. The predicted octanol–water partition coefficient (Wildman–Crippen LogP) is 2.39. The summed E-state index contributed by atoms with van der Waals surface area (Å²) >= 11 is 0. The van der Waals surface area contributed by atoms with Crippen LogP contribution >= 0.6 is 0 Å². The number of allylic oxidation sites excluding steroid dienone is 2. The summed E-state index contributed by atoms with van der Waals surface area (Å²) in [6.07, 6.45) is 9.40. The number of fused-ring (bicyclic) bond motifs is 5. The molecule has 4 aliphatic rings. The van der Waals surface area contributed by atoms with Crippen LogP contribution in [0.2, 0.25) is 0 Å². The molecule has 0 aliphatic heterocycles. The number of oxime groups is 1. The molecule has 3 saturated carbocycles.